The number of rotatable bonds is 0. The lowest BCUT2D eigenvalue weighted by molar-refractivity contribution is -0.120. The summed E-state index contributed by atoms with van der Waals surface area (Å²) >= 11 is 0. The predicted octanol–water partition coefficient (Wildman–Crippen LogP) is 4.52. The highest BCUT2D eigenvalue weighted by molar-refractivity contribution is 5.99. The van der Waals surface area contributed by atoms with Crippen LogP contribution in [0, 0.1) is 34.5 Å². The fourth-order valence-corrected chi connectivity index (χ4v) is 7.39. The second kappa shape index (κ2) is 5.18. The summed E-state index contributed by atoms with van der Waals surface area (Å²) in [6.45, 7) is 6.93. The van der Waals surface area contributed by atoms with Crippen molar-refractivity contribution in [2.75, 3.05) is 0 Å². The van der Waals surface area contributed by atoms with Gasteiger partial charge in [0.1, 0.15) is 0 Å². The fourth-order valence-electron chi connectivity index (χ4n) is 7.39. The molecule has 7 atom stereocenters. The van der Waals surface area contributed by atoms with Gasteiger partial charge >= 0.3 is 0 Å². The molecule has 23 heavy (non-hydrogen) atoms. The largest absolute Gasteiger partial charge is 0.393 e. The van der Waals surface area contributed by atoms with Crippen molar-refractivity contribution in [1.82, 2.24) is 0 Å². The normalized spacial score (nSPS) is 54.5. The quantitative estimate of drug-likeness (QED) is 0.667. The molecule has 0 saturated heterocycles. The molecule has 0 aliphatic heterocycles. The summed E-state index contributed by atoms with van der Waals surface area (Å²) in [6, 6.07) is 0. The van der Waals surface area contributed by atoms with Crippen LogP contribution in [0.3, 0.4) is 0 Å². The number of carbonyl (C=O) groups is 1. The Balaban J connectivity index is 1.66. The molecule has 128 valence electrons. The minimum Gasteiger partial charge on any atom is -0.393 e. The molecule has 4 aliphatic carbocycles. The van der Waals surface area contributed by atoms with Gasteiger partial charge in [0.25, 0.3) is 0 Å². The van der Waals surface area contributed by atoms with Gasteiger partial charge in [-0.05, 0) is 91.9 Å². The molecule has 0 bridgehead atoms. The van der Waals surface area contributed by atoms with Crippen LogP contribution in [0.1, 0.15) is 72.1 Å². The Kier molecular flexibility index (Phi) is 3.58. The number of fused-ring (bicyclic) bond motifs is 5. The summed E-state index contributed by atoms with van der Waals surface area (Å²) in [4.78, 5) is 12.6. The van der Waals surface area contributed by atoms with Crippen molar-refractivity contribution < 1.29 is 9.90 Å². The minimum atomic E-state index is -0.0684. The van der Waals surface area contributed by atoms with Gasteiger partial charge in [0, 0.05) is 6.42 Å². The number of hydrogen-bond acceptors (Lipinski definition) is 2. The van der Waals surface area contributed by atoms with E-state index in [2.05, 4.69) is 19.9 Å². The lowest BCUT2D eigenvalue weighted by Crippen LogP contribution is -2.53. The summed E-state index contributed by atoms with van der Waals surface area (Å²) in [6.07, 6.45) is 11.0. The summed E-state index contributed by atoms with van der Waals surface area (Å²) in [7, 11) is 0. The van der Waals surface area contributed by atoms with Gasteiger partial charge in [-0.1, -0.05) is 19.9 Å². The van der Waals surface area contributed by atoms with E-state index in [1.807, 2.05) is 6.92 Å². The number of aliphatic hydroxyl groups excluding tert-OH is 1. The van der Waals surface area contributed by atoms with Gasteiger partial charge in [-0.3, -0.25) is 4.79 Å². The molecular formula is C21H32O2. The second-order valence-corrected chi connectivity index (χ2v) is 9.37. The van der Waals surface area contributed by atoms with E-state index >= 15 is 0 Å². The molecular weight excluding hydrogens is 284 g/mol. The SMILES string of the molecule is C/C=C1\C(=O)C[C@H]2[C@@H]3CC[C@H]4C[C@H](O)CC[C@]4(C)[C@H]3CC[C@]12C. The van der Waals surface area contributed by atoms with E-state index in [9.17, 15) is 9.90 Å². The lowest BCUT2D eigenvalue weighted by atomic mass is 9.45. The molecule has 0 amide bonds. The van der Waals surface area contributed by atoms with Crippen LogP contribution in [0.15, 0.2) is 11.6 Å². The zero-order chi connectivity index (χ0) is 16.4. The third kappa shape index (κ3) is 2.06. The van der Waals surface area contributed by atoms with Gasteiger partial charge in [0.15, 0.2) is 5.78 Å². The van der Waals surface area contributed by atoms with Crippen LogP contribution in [0.4, 0.5) is 0 Å². The van der Waals surface area contributed by atoms with Crippen LogP contribution >= 0.6 is 0 Å². The molecule has 1 N–H and O–H groups in total. The first-order valence-electron chi connectivity index (χ1n) is 9.78. The lowest BCUT2D eigenvalue weighted by Gasteiger charge is -2.60. The van der Waals surface area contributed by atoms with Gasteiger partial charge in [-0.2, -0.15) is 0 Å². The molecule has 0 unspecified atom stereocenters. The van der Waals surface area contributed by atoms with Gasteiger partial charge in [-0.15, -0.1) is 0 Å². The maximum Gasteiger partial charge on any atom is 0.159 e. The maximum atomic E-state index is 12.6. The number of carbonyl (C=O) groups excluding carboxylic acids is 1. The molecule has 0 aromatic rings. The third-order valence-electron chi connectivity index (χ3n) is 8.64. The van der Waals surface area contributed by atoms with Gasteiger partial charge in [0.05, 0.1) is 6.10 Å². The molecule has 4 rings (SSSR count). The highest BCUT2D eigenvalue weighted by atomic mass is 16.3. The minimum absolute atomic E-state index is 0.0684. The number of aliphatic hydroxyl groups is 1. The van der Waals surface area contributed by atoms with E-state index in [0.29, 0.717) is 23.0 Å². The number of ketones is 1. The van der Waals surface area contributed by atoms with Crippen LogP contribution in [0.2, 0.25) is 0 Å². The molecule has 2 heteroatoms. The first-order valence-corrected chi connectivity index (χ1v) is 9.78. The Labute approximate surface area is 140 Å². The van der Waals surface area contributed by atoms with Crippen molar-refractivity contribution in [2.45, 2.75) is 78.2 Å². The van der Waals surface area contributed by atoms with Crippen molar-refractivity contribution in [3.05, 3.63) is 11.6 Å². The van der Waals surface area contributed by atoms with E-state index in [0.717, 1.165) is 36.7 Å². The van der Waals surface area contributed by atoms with E-state index in [1.54, 1.807) is 0 Å². The molecule has 4 fully saturated rings. The van der Waals surface area contributed by atoms with E-state index in [4.69, 9.17) is 0 Å². The van der Waals surface area contributed by atoms with Crippen molar-refractivity contribution in [1.29, 1.82) is 0 Å². The summed E-state index contributed by atoms with van der Waals surface area (Å²) in [5.41, 5.74) is 1.68. The van der Waals surface area contributed by atoms with Crippen molar-refractivity contribution in [3.8, 4) is 0 Å². The summed E-state index contributed by atoms with van der Waals surface area (Å²) < 4.78 is 0. The van der Waals surface area contributed by atoms with E-state index in [-0.39, 0.29) is 11.5 Å². The molecule has 0 aromatic carbocycles. The van der Waals surface area contributed by atoms with Crippen LogP contribution in [0.5, 0.6) is 0 Å². The Morgan fingerprint density at radius 2 is 1.87 bits per heavy atom. The van der Waals surface area contributed by atoms with Crippen molar-refractivity contribution >= 4 is 5.78 Å². The molecule has 4 saturated carbocycles. The van der Waals surface area contributed by atoms with Crippen molar-refractivity contribution in [2.24, 2.45) is 34.5 Å². The monoisotopic (exact) mass is 316 g/mol. The predicted molar refractivity (Wildman–Crippen MR) is 91.9 cm³/mol. The topological polar surface area (TPSA) is 37.3 Å². The summed E-state index contributed by atoms with van der Waals surface area (Å²) in [5.74, 6) is 3.20. The number of allylic oxidation sites excluding steroid dienone is 2. The van der Waals surface area contributed by atoms with Crippen LogP contribution in [-0.4, -0.2) is 17.0 Å². The van der Waals surface area contributed by atoms with Crippen molar-refractivity contribution in [3.63, 3.8) is 0 Å². The Bertz CT molecular complexity index is 550. The van der Waals surface area contributed by atoms with E-state index < -0.39 is 0 Å². The molecule has 0 spiro atoms. The highest BCUT2D eigenvalue weighted by Gasteiger charge is 2.60. The van der Waals surface area contributed by atoms with Gasteiger partial charge < -0.3 is 5.11 Å². The summed E-state index contributed by atoms with van der Waals surface area (Å²) in [5, 5.41) is 10.1. The standard InChI is InChI=1S/C21H32O2/c1-4-16-19(23)12-18-15-6-5-13-11-14(22)7-9-20(13,2)17(15)8-10-21(16,18)3/h4,13-15,17-18,22H,5-12H2,1-3H3/b16-4+/t13-,14+,15+,17-,18-,20-,21+/m0/s1. The average molecular weight is 316 g/mol. The number of Topliss-reactive ketones (excluding diaryl/α,β-unsaturated/α-hetero) is 1. The molecule has 0 heterocycles. The first kappa shape index (κ1) is 15.9. The number of hydrogen-bond donors (Lipinski definition) is 1. The second-order valence-electron chi connectivity index (χ2n) is 9.37. The molecule has 4 aliphatic rings. The fraction of sp³-hybridized carbons (Fsp3) is 0.857. The van der Waals surface area contributed by atoms with E-state index in [1.165, 1.54) is 32.1 Å². The zero-order valence-corrected chi connectivity index (χ0v) is 15.0. The molecule has 2 nitrogen and oxygen atoms in total. The van der Waals surface area contributed by atoms with Crippen LogP contribution < -0.4 is 0 Å². The maximum absolute atomic E-state index is 12.6. The first-order chi connectivity index (χ1) is 10.9. The molecule has 0 radical (unpaired) electrons. The highest BCUT2D eigenvalue weighted by Crippen LogP contribution is 2.66. The third-order valence-corrected chi connectivity index (χ3v) is 8.64. The Morgan fingerprint density at radius 3 is 2.61 bits per heavy atom. The van der Waals surface area contributed by atoms with Crippen LogP contribution in [0.25, 0.3) is 0 Å². The average Bonchev–Trinajstić information content (AvgIpc) is 2.77. The smallest absolute Gasteiger partial charge is 0.159 e. The Hall–Kier alpha value is -0.630. The van der Waals surface area contributed by atoms with Gasteiger partial charge in [0.2, 0.25) is 0 Å². The van der Waals surface area contributed by atoms with Gasteiger partial charge in [-0.25, -0.2) is 0 Å². The van der Waals surface area contributed by atoms with Crippen LogP contribution in [-0.2, 0) is 4.79 Å². The molecule has 0 aromatic heterocycles. The zero-order valence-electron chi connectivity index (χ0n) is 15.0. The Morgan fingerprint density at radius 1 is 1.09 bits per heavy atom.